The van der Waals surface area contributed by atoms with E-state index in [1.807, 2.05) is 78.9 Å². The van der Waals surface area contributed by atoms with E-state index < -0.39 is 0 Å². The van der Waals surface area contributed by atoms with E-state index in [1.165, 1.54) is 5.56 Å². The Kier molecular flexibility index (Phi) is 6.01. The molecular weight excluding hydrogens is 402 g/mol. The second-order valence-corrected chi connectivity index (χ2v) is 8.77. The summed E-state index contributed by atoms with van der Waals surface area (Å²) < 4.78 is 2.89. The van der Waals surface area contributed by atoms with Gasteiger partial charge in [0, 0.05) is 5.56 Å². The molecule has 4 aromatic rings. The van der Waals surface area contributed by atoms with Crippen LogP contribution in [0.4, 0.5) is 5.69 Å². The highest BCUT2D eigenvalue weighted by Crippen LogP contribution is 2.15. The predicted octanol–water partition coefficient (Wildman–Crippen LogP) is 6.07. The van der Waals surface area contributed by atoms with Crippen LogP contribution in [0.15, 0.2) is 101 Å². The summed E-state index contributed by atoms with van der Waals surface area (Å²) in [5.74, 6) is 0.678. The molecule has 138 valence electrons. The van der Waals surface area contributed by atoms with Crippen LogP contribution in [0.5, 0.6) is 0 Å². The van der Waals surface area contributed by atoms with Crippen molar-refractivity contribution in [2.75, 3.05) is 0 Å². The first-order chi connectivity index (χ1) is 13.8. The molecule has 3 nitrogen and oxygen atoms in total. The summed E-state index contributed by atoms with van der Waals surface area (Å²) in [6.07, 6.45) is 0. The van der Waals surface area contributed by atoms with Gasteiger partial charge < -0.3 is 0 Å². The van der Waals surface area contributed by atoms with Gasteiger partial charge in [-0.2, -0.15) is 4.99 Å². The summed E-state index contributed by atoms with van der Waals surface area (Å²) in [6, 6.07) is 30.2. The minimum absolute atomic E-state index is 0.678. The Morgan fingerprint density at radius 3 is 2.07 bits per heavy atom. The quantitative estimate of drug-likeness (QED) is 0.171. The minimum atomic E-state index is 0.678. The summed E-state index contributed by atoms with van der Waals surface area (Å²) in [4.78, 5) is 10.6. The molecule has 0 N–H and O–H groups in total. The molecule has 0 saturated heterocycles. The number of hydrogen-bond donors (Lipinski definition) is 0. The number of aliphatic imine (C=N–C) groups is 1. The van der Waals surface area contributed by atoms with Gasteiger partial charge in [-0.05, 0) is 50.6 Å². The van der Waals surface area contributed by atoms with Gasteiger partial charge >= 0.3 is 0 Å². The Labute approximate surface area is 176 Å². The van der Waals surface area contributed by atoms with Crippen LogP contribution in [0.2, 0.25) is 0 Å². The number of para-hydroxylation sites is 1. The van der Waals surface area contributed by atoms with Crippen molar-refractivity contribution in [2.24, 2.45) is 9.98 Å². The van der Waals surface area contributed by atoms with Gasteiger partial charge in [-0.1, -0.05) is 78.9 Å². The molecule has 6 heteroatoms. The number of aromatic nitrogens is 1. The Balaban J connectivity index is 1.82. The minimum Gasteiger partial charge on any atom is -0.294 e. The summed E-state index contributed by atoms with van der Waals surface area (Å²) in [7, 11) is 3.15. The van der Waals surface area contributed by atoms with Gasteiger partial charge in [0.25, 0.3) is 0 Å². The number of benzene rings is 3. The van der Waals surface area contributed by atoms with Crippen molar-refractivity contribution < 1.29 is 0 Å². The summed E-state index contributed by atoms with van der Waals surface area (Å²) >= 11 is 5.56. The molecule has 0 aliphatic rings. The topological polar surface area (TPSA) is 29.6 Å². The summed E-state index contributed by atoms with van der Waals surface area (Å²) in [5, 5.41) is 0. The van der Waals surface area contributed by atoms with Gasteiger partial charge in [0.15, 0.2) is 9.79 Å². The molecule has 0 aliphatic carbocycles. The van der Waals surface area contributed by atoms with Crippen molar-refractivity contribution in [3.05, 3.63) is 111 Å². The van der Waals surface area contributed by atoms with Crippen molar-refractivity contribution in [3.63, 3.8) is 0 Å². The van der Waals surface area contributed by atoms with Crippen LogP contribution in [-0.4, -0.2) is 10.4 Å². The molecule has 0 fully saturated rings. The van der Waals surface area contributed by atoms with Gasteiger partial charge in [0.1, 0.15) is 0 Å². The first-order valence-electron chi connectivity index (χ1n) is 8.77. The third-order valence-corrected chi connectivity index (χ3v) is 6.91. The van der Waals surface area contributed by atoms with Crippen LogP contribution >= 0.6 is 32.9 Å². The van der Waals surface area contributed by atoms with E-state index in [0.29, 0.717) is 12.4 Å². The zero-order valence-corrected chi connectivity index (χ0v) is 17.4. The van der Waals surface area contributed by atoms with Gasteiger partial charge in [0.05, 0.1) is 12.2 Å². The lowest BCUT2D eigenvalue weighted by atomic mass is 10.2. The maximum absolute atomic E-state index is 5.56. The molecule has 0 unspecified atom stereocenters. The number of nitrogens with zero attached hydrogens (tertiary/aromatic N) is 3. The largest absolute Gasteiger partial charge is 0.294 e. The molecule has 0 saturated carbocycles. The molecule has 0 bridgehead atoms. The lowest BCUT2D eigenvalue weighted by Gasteiger charge is -2.04. The van der Waals surface area contributed by atoms with E-state index >= 15 is 0 Å². The second kappa shape index (κ2) is 9.01. The van der Waals surface area contributed by atoms with E-state index in [4.69, 9.17) is 22.2 Å². The zero-order valence-electron chi connectivity index (χ0n) is 14.9. The van der Waals surface area contributed by atoms with E-state index in [9.17, 15) is 0 Å². The van der Waals surface area contributed by atoms with Crippen LogP contribution in [0, 0.1) is 3.95 Å². The zero-order chi connectivity index (χ0) is 19.2. The molecule has 0 atom stereocenters. The maximum Gasteiger partial charge on any atom is 0.203 e. The monoisotopic (exact) mass is 419 g/mol. The molecule has 0 spiro atoms. The van der Waals surface area contributed by atoms with E-state index in [1.54, 1.807) is 20.7 Å². The van der Waals surface area contributed by atoms with Crippen molar-refractivity contribution in [2.45, 2.75) is 6.54 Å². The van der Waals surface area contributed by atoms with Crippen molar-refractivity contribution in [1.29, 1.82) is 0 Å². The van der Waals surface area contributed by atoms with Gasteiger partial charge in [-0.3, -0.25) is 4.57 Å². The maximum atomic E-state index is 5.56. The number of rotatable bonds is 4. The smallest absolute Gasteiger partial charge is 0.203 e. The van der Waals surface area contributed by atoms with Crippen LogP contribution < -0.4 is 4.80 Å². The fraction of sp³-hybridized carbons (Fsp3) is 0.0455. The van der Waals surface area contributed by atoms with E-state index in [-0.39, 0.29) is 0 Å². The molecular formula is C22H17N3S3. The Bertz CT molecular complexity index is 1190. The SMILES string of the molecule is S=c1ssc(=NC(=Nc2ccccc2)c2ccccc2)n1Cc1ccccc1. The third-order valence-electron chi connectivity index (χ3n) is 4.05. The average molecular weight is 420 g/mol. The summed E-state index contributed by atoms with van der Waals surface area (Å²) in [6.45, 7) is 0.700. The van der Waals surface area contributed by atoms with Crippen molar-refractivity contribution in [1.82, 2.24) is 4.57 Å². The Morgan fingerprint density at radius 2 is 1.39 bits per heavy atom. The molecule has 4 rings (SSSR count). The normalized spacial score (nSPS) is 12.3. The molecule has 3 aromatic carbocycles. The lowest BCUT2D eigenvalue weighted by Crippen LogP contribution is -2.18. The Hall–Kier alpha value is -2.67. The molecule has 1 aromatic heterocycles. The standard InChI is InChI=1S/C22H17N3S3/c26-22-25(16-17-10-4-1-5-11-17)21(27-28-22)24-20(18-12-6-2-7-13-18)23-19-14-8-3-9-15-19/h1-15H,16H2. The van der Waals surface area contributed by atoms with Crippen LogP contribution in [0.3, 0.4) is 0 Å². The fourth-order valence-electron chi connectivity index (χ4n) is 2.67. The number of hydrogen-bond acceptors (Lipinski definition) is 4. The van der Waals surface area contributed by atoms with Gasteiger partial charge in [-0.25, -0.2) is 4.99 Å². The van der Waals surface area contributed by atoms with E-state index in [0.717, 1.165) is 20.0 Å². The van der Waals surface area contributed by atoms with Crippen LogP contribution in [0.1, 0.15) is 11.1 Å². The Morgan fingerprint density at radius 1 is 0.786 bits per heavy atom. The predicted molar refractivity (Wildman–Crippen MR) is 121 cm³/mol. The average Bonchev–Trinajstić information content (AvgIpc) is 3.09. The van der Waals surface area contributed by atoms with Crippen LogP contribution in [-0.2, 0) is 6.54 Å². The lowest BCUT2D eigenvalue weighted by molar-refractivity contribution is 0.768. The third kappa shape index (κ3) is 4.59. The molecule has 0 aliphatic heterocycles. The highest BCUT2D eigenvalue weighted by atomic mass is 32.9. The second-order valence-electron chi connectivity index (χ2n) is 6.04. The van der Waals surface area contributed by atoms with Crippen molar-refractivity contribution in [3.8, 4) is 0 Å². The highest BCUT2D eigenvalue weighted by molar-refractivity contribution is 7.79. The fourth-order valence-corrected chi connectivity index (χ4v) is 5.09. The molecule has 28 heavy (non-hydrogen) atoms. The van der Waals surface area contributed by atoms with Gasteiger partial charge in [-0.15, -0.1) is 0 Å². The molecule has 0 amide bonds. The van der Waals surface area contributed by atoms with Crippen LogP contribution in [0.25, 0.3) is 0 Å². The molecule has 1 heterocycles. The summed E-state index contributed by atoms with van der Waals surface area (Å²) in [5.41, 5.74) is 3.04. The van der Waals surface area contributed by atoms with Crippen molar-refractivity contribution >= 4 is 44.4 Å². The first-order valence-corrected chi connectivity index (χ1v) is 11.3. The molecule has 0 radical (unpaired) electrons. The number of amidine groups is 1. The first kappa shape index (κ1) is 18.7. The highest BCUT2D eigenvalue weighted by Gasteiger charge is 2.06. The van der Waals surface area contributed by atoms with E-state index in [2.05, 4.69) is 16.7 Å². The van der Waals surface area contributed by atoms with Gasteiger partial charge in [0.2, 0.25) is 4.80 Å².